The van der Waals surface area contributed by atoms with Crippen LogP contribution in [0.25, 0.3) is 0 Å². The Kier molecular flexibility index (Phi) is 4.42. The maximum Gasteiger partial charge on any atom is 0.0790 e. The van der Waals surface area contributed by atoms with Crippen molar-refractivity contribution in [3.8, 4) is 0 Å². The van der Waals surface area contributed by atoms with Gasteiger partial charge in [-0.15, -0.1) is 0 Å². The predicted octanol–water partition coefficient (Wildman–Crippen LogP) is 2.41. The second kappa shape index (κ2) is 5.88. The first-order valence-corrected chi connectivity index (χ1v) is 7.26. The number of nitrogens with one attached hydrogen (secondary N) is 1. The molecule has 5 nitrogen and oxygen atoms in total. The van der Waals surface area contributed by atoms with Gasteiger partial charge in [0.2, 0.25) is 0 Å². The fraction of sp³-hybridized carbons (Fsp3) is 0.538. The molecule has 2 aromatic rings. The molecule has 0 spiro atoms. The van der Waals surface area contributed by atoms with Crippen LogP contribution < -0.4 is 5.32 Å². The van der Waals surface area contributed by atoms with Gasteiger partial charge in [-0.3, -0.25) is 9.36 Å². The van der Waals surface area contributed by atoms with Crippen molar-refractivity contribution >= 4 is 15.9 Å². The quantitative estimate of drug-likeness (QED) is 0.918. The molecule has 0 fully saturated rings. The van der Waals surface area contributed by atoms with Crippen molar-refractivity contribution in [2.24, 2.45) is 7.05 Å². The van der Waals surface area contributed by atoms with E-state index in [1.807, 2.05) is 31.9 Å². The Morgan fingerprint density at radius 3 is 2.74 bits per heavy atom. The zero-order chi connectivity index (χ0) is 14.0. The number of aryl methyl sites for hydroxylation is 3. The first kappa shape index (κ1) is 14.3. The van der Waals surface area contributed by atoms with Gasteiger partial charge in [-0.1, -0.05) is 6.92 Å². The van der Waals surface area contributed by atoms with E-state index in [2.05, 4.69) is 49.2 Å². The minimum Gasteiger partial charge on any atom is -0.308 e. The molecular weight excluding hydrogens is 306 g/mol. The van der Waals surface area contributed by atoms with Gasteiger partial charge >= 0.3 is 0 Å². The molecule has 104 valence electrons. The molecule has 0 amide bonds. The molecule has 1 atom stereocenters. The van der Waals surface area contributed by atoms with Gasteiger partial charge in [-0.2, -0.15) is 10.2 Å². The van der Waals surface area contributed by atoms with Crippen LogP contribution in [0.3, 0.4) is 0 Å². The summed E-state index contributed by atoms with van der Waals surface area (Å²) in [4.78, 5) is 0. The third-order valence-corrected chi connectivity index (χ3v) is 3.80. The lowest BCUT2D eigenvalue weighted by Crippen LogP contribution is -2.22. The number of halogens is 1. The monoisotopic (exact) mass is 325 g/mol. The second-order valence-corrected chi connectivity index (χ2v) is 5.52. The van der Waals surface area contributed by atoms with Crippen LogP contribution in [0, 0.1) is 6.92 Å². The van der Waals surface area contributed by atoms with Gasteiger partial charge in [-0.05, 0) is 36.3 Å². The molecular formula is C13H20BrN5. The highest BCUT2D eigenvalue weighted by atomic mass is 79.9. The summed E-state index contributed by atoms with van der Waals surface area (Å²) >= 11 is 3.61. The van der Waals surface area contributed by atoms with Crippen LogP contribution in [0.4, 0.5) is 0 Å². The van der Waals surface area contributed by atoms with Crippen LogP contribution in [-0.4, -0.2) is 26.6 Å². The van der Waals surface area contributed by atoms with Gasteiger partial charge in [0.25, 0.3) is 0 Å². The van der Waals surface area contributed by atoms with Crippen molar-refractivity contribution in [1.29, 1.82) is 0 Å². The van der Waals surface area contributed by atoms with E-state index >= 15 is 0 Å². The molecule has 1 N–H and O–H groups in total. The van der Waals surface area contributed by atoms with E-state index in [9.17, 15) is 0 Å². The lowest BCUT2D eigenvalue weighted by atomic mass is 10.1. The Bertz CT molecular complexity index is 557. The molecule has 0 aromatic carbocycles. The highest BCUT2D eigenvalue weighted by Gasteiger charge is 2.23. The van der Waals surface area contributed by atoms with Crippen LogP contribution in [0.5, 0.6) is 0 Å². The molecule has 2 rings (SSSR count). The Morgan fingerprint density at radius 2 is 2.21 bits per heavy atom. The van der Waals surface area contributed by atoms with E-state index < -0.39 is 0 Å². The summed E-state index contributed by atoms with van der Waals surface area (Å²) in [6.45, 7) is 5.11. The lowest BCUT2D eigenvalue weighted by Gasteiger charge is -2.18. The largest absolute Gasteiger partial charge is 0.308 e. The van der Waals surface area contributed by atoms with Crippen molar-refractivity contribution in [2.45, 2.75) is 32.9 Å². The van der Waals surface area contributed by atoms with Crippen LogP contribution in [-0.2, 0) is 13.6 Å². The Morgan fingerprint density at radius 1 is 1.47 bits per heavy atom. The van der Waals surface area contributed by atoms with E-state index in [0.717, 1.165) is 28.8 Å². The van der Waals surface area contributed by atoms with Gasteiger partial charge in [0.05, 0.1) is 28.1 Å². The Labute approximate surface area is 122 Å². The van der Waals surface area contributed by atoms with Crippen LogP contribution >= 0.6 is 15.9 Å². The van der Waals surface area contributed by atoms with E-state index in [1.54, 1.807) is 0 Å². The molecule has 1 unspecified atom stereocenters. The summed E-state index contributed by atoms with van der Waals surface area (Å²) in [5.74, 6) is 0. The molecule has 0 radical (unpaired) electrons. The Hall–Kier alpha value is -1.14. The molecule has 0 saturated carbocycles. The van der Waals surface area contributed by atoms with Crippen LogP contribution in [0.1, 0.15) is 36.3 Å². The molecule has 0 aliphatic carbocycles. The fourth-order valence-corrected chi connectivity index (χ4v) is 2.91. The highest BCUT2D eigenvalue weighted by Crippen LogP contribution is 2.29. The van der Waals surface area contributed by atoms with Crippen molar-refractivity contribution in [3.63, 3.8) is 0 Å². The fourth-order valence-electron chi connectivity index (χ4n) is 2.39. The molecule has 2 heterocycles. The number of aromatic nitrogens is 4. The van der Waals surface area contributed by atoms with Crippen molar-refractivity contribution in [3.05, 3.63) is 33.8 Å². The zero-order valence-electron chi connectivity index (χ0n) is 11.8. The third kappa shape index (κ3) is 2.74. The molecule has 0 bridgehead atoms. The van der Waals surface area contributed by atoms with E-state index in [0.29, 0.717) is 0 Å². The average Bonchev–Trinajstić information content (AvgIpc) is 2.87. The first-order chi connectivity index (χ1) is 9.08. The zero-order valence-corrected chi connectivity index (χ0v) is 13.4. The minimum atomic E-state index is 0.0946. The topological polar surface area (TPSA) is 47.7 Å². The SMILES string of the molecule is CCCn1ncc(Br)c1C(NC)c1cn(C)nc1C. The van der Waals surface area contributed by atoms with Crippen molar-refractivity contribution < 1.29 is 0 Å². The molecule has 6 heteroatoms. The normalized spacial score (nSPS) is 12.9. The first-order valence-electron chi connectivity index (χ1n) is 6.47. The maximum absolute atomic E-state index is 4.44. The van der Waals surface area contributed by atoms with Gasteiger partial charge < -0.3 is 5.32 Å². The Balaban J connectivity index is 2.47. The van der Waals surface area contributed by atoms with Gasteiger partial charge in [0.15, 0.2) is 0 Å². The molecule has 0 aliphatic rings. The maximum atomic E-state index is 4.44. The predicted molar refractivity (Wildman–Crippen MR) is 79.1 cm³/mol. The summed E-state index contributed by atoms with van der Waals surface area (Å²) in [6.07, 6.45) is 4.98. The van der Waals surface area contributed by atoms with Crippen molar-refractivity contribution in [1.82, 2.24) is 24.9 Å². The molecule has 0 saturated heterocycles. The van der Waals surface area contributed by atoms with Crippen molar-refractivity contribution in [2.75, 3.05) is 7.05 Å². The van der Waals surface area contributed by atoms with Gasteiger partial charge in [-0.25, -0.2) is 0 Å². The van der Waals surface area contributed by atoms with E-state index in [1.165, 1.54) is 5.56 Å². The molecule has 0 aliphatic heterocycles. The van der Waals surface area contributed by atoms with Gasteiger partial charge in [0, 0.05) is 25.4 Å². The second-order valence-electron chi connectivity index (χ2n) is 4.67. The molecule has 2 aromatic heterocycles. The summed E-state index contributed by atoms with van der Waals surface area (Å²) in [5.41, 5.74) is 3.38. The van der Waals surface area contributed by atoms with Gasteiger partial charge in [0.1, 0.15) is 0 Å². The van der Waals surface area contributed by atoms with E-state index in [4.69, 9.17) is 0 Å². The van der Waals surface area contributed by atoms with E-state index in [-0.39, 0.29) is 6.04 Å². The number of hydrogen-bond acceptors (Lipinski definition) is 3. The average molecular weight is 326 g/mol. The minimum absolute atomic E-state index is 0.0946. The third-order valence-electron chi connectivity index (χ3n) is 3.19. The highest BCUT2D eigenvalue weighted by molar-refractivity contribution is 9.10. The molecule has 19 heavy (non-hydrogen) atoms. The number of nitrogens with zero attached hydrogens (tertiary/aromatic N) is 4. The smallest absolute Gasteiger partial charge is 0.0790 e. The summed E-state index contributed by atoms with van der Waals surface area (Å²) in [7, 11) is 3.91. The van der Waals surface area contributed by atoms with Crippen LogP contribution in [0.15, 0.2) is 16.9 Å². The lowest BCUT2D eigenvalue weighted by molar-refractivity contribution is 0.532. The standard InChI is InChI=1S/C13H20BrN5/c1-5-6-19-13(11(14)7-16-19)12(15-3)10-8-18(4)17-9(10)2/h7-8,12,15H,5-6H2,1-4H3. The van der Waals surface area contributed by atoms with Crippen LogP contribution in [0.2, 0.25) is 0 Å². The summed E-state index contributed by atoms with van der Waals surface area (Å²) in [5, 5.41) is 12.2. The summed E-state index contributed by atoms with van der Waals surface area (Å²) in [6, 6.07) is 0.0946. The summed E-state index contributed by atoms with van der Waals surface area (Å²) < 4.78 is 4.93. The number of hydrogen-bond donors (Lipinski definition) is 1. The number of rotatable bonds is 5.